The minimum atomic E-state index is -0.458. The van der Waals surface area contributed by atoms with Crippen LogP contribution in [0.25, 0.3) is 0 Å². The van der Waals surface area contributed by atoms with Gasteiger partial charge in [0.25, 0.3) is 0 Å². The van der Waals surface area contributed by atoms with Gasteiger partial charge >= 0.3 is 6.03 Å². The van der Waals surface area contributed by atoms with Gasteiger partial charge in [0.05, 0.1) is 11.6 Å². The van der Waals surface area contributed by atoms with Crippen molar-refractivity contribution in [1.82, 2.24) is 19.8 Å². The van der Waals surface area contributed by atoms with E-state index in [-0.39, 0.29) is 11.2 Å². The summed E-state index contributed by atoms with van der Waals surface area (Å²) in [5, 5.41) is 10.7. The van der Waals surface area contributed by atoms with E-state index in [1.54, 1.807) is 33.3 Å². The standard InChI is InChI=1S/C14H20N6O2S/c1-10(2)17-18-14-20(12(21)11(3)23-14)13(22)16-5-4-7-19-8-6-15-9-19/h6,8-9,11H,4-5,7H2,1-3H3,(H,16,22). The van der Waals surface area contributed by atoms with Gasteiger partial charge < -0.3 is 9.88 Å². The van der Waals surface area contributed by atoms with Crippen LogP contribution in [0.4, 0.5) is 4.79 Å². The van der Waals surface area contributed by atoms with E-state index in [1.807, 2.05) is 10.8 Å². The first-order valence-electron chi connectivity index (χ1n) is 7.32. The quantitative estimate of drug-likeness (QED) is 0.503. The molecule has 9 heteroatoms. The molecule has 2 heterocycles. The number of carbonyl (C=O) groups is 2. The smallest absolute Gasteiger partial charge is 0.330 e. The second kappa shape index (κ2) is 7.91. The number of thioether (sulfide) groups is 1. The van der Waals surface area contributed by atoms with E-state index < -0.39 is 6.03 Å². The van der Waals surface area contributed by atoms with E-state index in [0.717, 1.165) is 23.6 Å². The first-order chi connectivity index (χ1) is 11.0. The summed E-state index contributed by atoms with van der Waals surface area (Å²) in [5.74, 6) is -0.273. The van der Waals surface area contributed by atoms with Gasteiger partial charge in [-0.3, -0.25) is 4.79 Å². The summed E-state index contributed by atoms with van der Waals surface area (Å²) in [6.45, 7) is 6.56. The normalized spacial score (nSPS) is 19.3. The van der Waals surface area contributed by atoms with Crippen molar-refractivity contribution >= 4 is 34.6 Å². The molecule has 0 saturated carbocycles. The fourth-order valence-corrected chi connectivity index (χ4v) is 2.78. The summed E-state index contributed by atoms with van der Waals surface area (Å²) in [6.07, 6.45) is 6.03. The predicted octanol–water partition coefficient (Wildman–Crippen LogP) is 1.70. The van der Waals surface area contributed by atoms with E-state index in [9.17, 15) is 9.59 Å². The Balaban J connectivity index is 1.91. The number of aryl methyl sites for hydroxylation is 1. The van der Waals surface area contributed by atoms with E-state index in [2.05, 4.69) is 20.5 Å². The molecule has 124 valence electrons. The van der Waals surface area contributed by atoms with Crippen LogP contribution in [0.5, 0.6) is 0 Å². The number of urea groups is 1. The summed E-state index contributed by atoms with van der Waals surface area (Å²) in [7, 11) is 0. The molecule has 1 atom stereocenters. The minimum absolute atomic E-state index is 0.273. The third-order valence-electron chi connectivity index (χ3n) is 3.01. The molecule has 1 N–H and O–H groups in total. The predicted molar refractivity (Wildman–Crippen MR) is 90.4 cm³/mol. The van der Waals surface area contributed by atoms with Crippen LogP contribution in [-0.4, -0.2) is 49.1 Å². The molecule has 2 rings (SSSR count). The molecular weight excluding hydrogens is 316 g/mol. The maximum Gasteiger partial charge on any atom is 0.330 e. The number of imidazole rings is 1. The van der Waals surface area contributed by atoms with Crippen molar-refractivity contribution in [2.24, 2.45) is 10.2 Å². The van der Waals surface area contributed by atoms with Crippen LogP contribution in [0, 0.1) is 0 Å². The van der Waals surface area contributed by atoms with Gasteiger partial charge in [-0.2, -0.15) is 5.10 Å². The van der Waals surface area contributed by atoms with E-state index in [0.29, 0.717) is 11.7 Å². The van der Waals surface area contributed by atoms with E-state index in [1.165, 1.54) is 11.8 Å². The molecule has 1 aromatic rings. The van der Waals surface area contributed by atoms with Crippen molar-refractivity contribution in [1.29, 1.82) is 0 Å². The number of imide groups is 1. The van der Waals surface area contributed by atoms with Crippen LogP contribution in [0.2, 0.25) is 0 Å². The fourth-order valence-electron chi connectivity index (χ4n) is 1.89. The summed E-state index contributed by atoms with van der Waals surface area (Å²) < 4.78 is 1.93. The molecule has 0 radical (unpaired) electrons. The molecular formula is C14H20N6O2S. The molecule has 1 unspecified atom stereocenters. The molecule has 0 aromatic carbocycles. The highest BCUT2D eigenvalue weighted by Crippen LogP contribution is 2.26. The summed E-state index contributed by atoms with van der Waals surface area (Å²) in [6, 6.07) is -0.458. The number of nitrogens with zero attached hydrogens (tertiary/aromatic N) is 5. The van der Waals surface area contributed by atoms with Gasteiger partial charge in [0.1, 0.15) is 0 Å². The van der Waals surface area contributed by atoms with Gasteiger partial charge in [-0.05, 0) is 27.2 Å². The Morgan fingerprint density at radius 2 is 2.26 bits per heavy atom. The number of hydrogen-bond acceptors (Lipinski definition) is 6. The van der Waals surface area contributed by atoms with Gasteiger partial charge in [0.2, 0.25) is 11.1 Å². The largest absolute Gasteiger partial charge is 0.337 e. The van der Waals surface area contributed by atoms with Crippen LogP contribution < -0.4 is 5.32 Å². The maximum atomic E-state index is 12.2. The van der Waals surface area contributed by atoms with Crippen molar-refractivity contribution in [2.45, 2.75) is 39.0 Å². The lowest BCUT2D eigenvalue weighted by Gasteiger charge is -2.14. The van der Waals surface area contributed by atoms with Gasteiger partial charge in [-0.25, -0.2) is 14.7 Å². The number of amidine groups is 1. The first-order valence-corrected chi connectivity index (χ1v) is 8.20. The van der Waals surface area contributed by atoms with Crippen molar-refractivity contribution in [2.75, 3.05) is 6.54 Å². The van der Waals surface area contributed by atoms with Gasteiger partial charge in [0.15, 0.2) is 0 Å². The molecule has 1 fully saturated rings. The van der Waals surface area contributed by atoms with Crippen molar-refractivity contribution in [3.05, 3.63) is 18.7 Å². The molecule has 23 heavy (non-hydrogen) atoms. The minimum Gasteiger partial charge on any atom is -0.337 e. The highest BCUT2D eigenvalue weighted by atomic mass is 32.2. The Labute approximate surface area is 139 Å². The Morgan fingerprint density at radius 3 is 2.91 bits per heavy atom. The zero-order valence-electron chi connectivity index (χ0n) is 13.4. The Bertz CT molecular complexity index is 621. The van der Waals surface area contributed by atoms with E-state index in [4.69, 9.17) is 0 Å². The Hall–Kier alpha value is -2.16. The molecule has 1 saturated heterocycles. The van der Waals surface area contributed by atoms with E-state index >= 15 is 0 Å². The number of carbonyl (C=O) groups excluding carboxylic acids is 2. The summed E-state index contributed by atoms with van der Waals surface area (Å²) >= 11 is 1.24. The Morgan fingerprint density at radius 1 is 1.48 bits per heavy atom. The second-order valence-corrected chi connectivity index (χ2v) is 6.56. The van der Waals surface area contributed by atoms with Crippen LogP contribution in [0.15, 0.2) is 28.9 Å². The lowest BCUT2D eigenvalue weighted by Crippen LogP contribution is -2.44. The number of amides is 3. The molecule has 1 aromatic heterocycles. The number of aromatic nitrogens is 2. The third-order valence-corrected chi connectivity index (χ3v) is 4.04. The first kappa shape index (κ1) is 17.2. The zero-order chi connectivity index (χ0) is 16.8. The van der Waals surface area contributed by atoms with Crippen LogP contribution in [0.3, 0.4) is 0 Å². The molecule has 0 spiro atoms. The van der Waals surface area contributed by atoms with Crippen molar-refractivity contribution < 1.29 is 9.59 Å². The topological polar surface area (TPSA) is 92.0 Å². The van der Waals surface area contributed by atoms with Crippen LogP contribution >= 0.6 is 11.8 Å². The summed E-state index contributed by atoms with van der Waals surface area (Å²) in [4.78, 5) is 29.4. The zero-order valence-corrected chi connectivity index (χ0v) is 14.2. The highest BCUT2D eigenvalue weighted by Gasteiger charge is 2.39. The fraction of sp³-hybridized carbons (Fsp3) is 0.500. The highest BCUT2D eigenvalue weighted by molar-refractivity contribution is 8.15. The van der Waals surface area contributed by atoms with Crippen molar-refractivity contribution in [3.63, 3.8) is 0 Å². The molecule has 0 bridgehead atoms. The average Bonchev–Trinajstić information content (AvgIpc) is 3.10. The molecule has 8 nitrogen and oxygen atoms in total. The lowest BCUT2D eigenvalue weighted by atomic mass is 10.4. The van der Waals surface area contributed by atoms with Gasteiger partial charge in [-0.1, -0.05) is 11.8 Å². The van der Waals surface area contributed by atoms with Crippen molar-refractivity contribution in [3.8, 4) is 0 Å². The maximum absolute atomic E-state index is 12.2. The van der Waals surface area contributed by atoms with Gasteiger partial charge in [0, 0.05) is 31.2 Å². The SMILES string of the molecule is CC(C)=NN=C1SC(C)C(=O)N1C(=O)NCCCn1ccnc1. The van der Waals surface area contributed by atoms with Crippen LogP contribution in [0.1, 0.15) is 27.2 Å². The third kappa shape index (κ3) is 4.65. The number of rotatable bonds is 5. The van der Waals surface area contributed by atoms with Gasteiger partial charge in [-0.15, -0.1) is 5.10 Å². The molecule has 0 aliphatic carbocycles. The number of nitrogens with one attached hydrogen (secondary N) is 1. The number of hydrogen-bond donors (Lipinski definition) is 1. The molecule has 1 aliphatic heterocycles. The average molecular weight is 336 g/mol. The monoisotopic (exact) mass is 336 g/mol. The Kier molecular flexibility index (Phi) is 5.91. The molecule has 1 aliphatic rings. The lowest BCUT2D eigenvalue weighted by molar-refractivity contribution is -0.123. The second-order valence-electron chi connectivity index (χ2n) is 5.25. The summed E-state index contributed by atoms with van der Waals surface area (Å²) in [5.41, 5.74) is 0.755. The van der Waals surface area contributed by atoms with Crippen LogP contribution in [-0.2, 0) is 11.3 Å². The molecule has 3 amide bonds.